The van der Waals surface area contributed by atoms with E-state index in [4.69, 9.17) is 14.5 Å². The monoisotopic (exact) mass is 497 g/mol. The number of aromatic carboxylic acids is 1. The first-order valence-electron chi connectivity index (χ1n) is 11.8. The molecule has 0 aliphatic carbocycles. The Morgan fingerprint density at radius 2 is 1.78 bits per heavy atom. The summed E-state index contributed by atoms with van der Waals surface area (Å²) in [4.78, 5) is 18.5. The molecule has 6 heteroatoms. The van der Waals surface area contributed by atoms with Gasteiger partial charge in [0.25, 0.3) is 0 Å². The Morgan fingerprint density at radius 1 is 1.03 bits per heavy atom. The quantitative estimate of drug-likeness (QED) is 0.239. The Bertz CT molecular complexity index is 1560. The molecule has 36 heavy (non-hydrogen) atoms. The van der Waals surface area contributed by atoms with Gasteiger partial charge in [-0.2, -0.15) is 0 Å². The molecule has 5 aromatic rings. The second-order valence-corrected chi connectivity index (χ2v) is 9.87. The van der Waals surface area contributed by atoms with Crippen molar-refractivity contribution in [3.05, 3.63) is 95.1 Å². The van der Waals surface area contributed by atoms with E-state index in [1.807, 2.05) is 61.5 Å². The standard InChI is InChI=1S/C30H27NO4S/c1-18-13-14-25(35-24(15-16-34-3)20-9-5-4-6-10-20)27-22(30(32)33)17-23(31-28(18)27)29-19(2)21-11-7-8-12-26(21)36-29/h4-14,17,24H,15-16H2,1-3H3,(H,32,33). The van der Waals surface area contributed by atoms with E-state index in [9.17, 15) is 9.90 Å². The molecule has 0 radical (unpaired) electrons. The van der Waals surface area contributed by atoms with Crippen LogP contribution in [0.15, 0.2) is 72.8 Å². The summed E-state index contributed by atoms with van der Waals surface area (Å²) in [6.45, 7) is 4.53. The first-order valence-corrected chi connectivity index (χ1v) is 12.7. The summed E-state index contributed by atoms with van der Waals surface area (Å²) < 4.78 is 13.0. The Kier molecular flexibility index (Phi) is 6.72. The topological polar surface area (TPSA) is 68.7 Å². The van der Waals surface area contributed by atoms with Crippen molar-refractivity contribution in [1.82, 2.24) is 4.98 Å². The molecule has 5 nitrogen and oxygen atoms in total. The number of hydrogen-bond donors (Lipinski definition) is 1. The van der Waals surface area contributed by atoms with Crippen LogP contribution in [0.4, 0.5) is 0 Å². The first kappa shape index (κ1) is 24.0. The molecule has 0 bridgehead atoms. The number of hydrogen-bond acceptors (Lipinski definition) is 5. The number of carboxylic acid groups (broad SMARTS) is 1. The Morgan fingerprint density at radius 3 is 2.50 bits per heavy atom. The van der Waals surface area contributed by atoms with E-state index < -0.39 is 5.97 Å². The number of pyridine rings is 1. The third kappa shape index (κ3) is 4.45. The summed E-state index contributed by atoms with van der Waals surface area (Å²) in [5.74, 6) is -0.504. The minimum atomic E-state index is -1.01. The SMILES string of the molecule is COCCC(Oc1ccc(C)c2nc(-c3sc4ccccc4c3C)cc(C(=O)O)c12)c1ccccc1. The van der Waals surface area contributed by atoms with Gasteiger partial charge in [-0.15, -0.1) is 11.3 Å². The highest BCUT2D eigenvalue weighted by Gasteiger charge is 2.23. The average Bonchev–Trinajstić information content (AvgIpc) is 3.24. The van der Waals surface area contributed by atoms with E-state index in [1.54, 1.807) is 24.5 Å². The van der Waals surface area contributed by atoms with Gasteiger partial charge in [-0.25, -0.2) is 9.78 Å². The number of thiophene rings is 1. The number of carboxylic acids is 1. The fraction of sp³-hybridized carbons (Fsp3) is 0.200. The van der Waals surface area contributed by atoms with E-state index in [0.717, 1.165) is 31.7 Å². The largest absolute Gasteiger partial charge is 0.485 e. The Hall–Kier alpha value is -3.74. The van der Waals surface area contributed by atoms with Crippen LogP contribution in [0.1, 0.15) is 39.6 Å². The first-order chi connectivity index (χ1) is 17.5. The minimum absolute atomic E-state index is 0.184. The van der Waals surface area contributed by atoms with Gasteiger partial charge in [0, 0.05) is 18.2 Å². The molecule has 2 heterocycles. The lowest BCUT2D eigenvalue weighted by atomic mass is 10.0. The van der Waals surface area contributed by atoms with Gasteiger partial charge in [-0.3, -0.25) is 0 Å². The molecule has 0 aliphatic heterocycles. The van der Waals surface area contributed by atoms with Gasteiger partial charge in [0.15, 0.2) is 0 Å². The number of aryl methyl sites for hydroxylation is 2. The van der Waals surface area contributed by atoms with Crippen molar-refractivity contribution >= 4 is 38.3 Å². The van der Waals surface area contributed by atoms with Crippen molar-refractivity contribution in [3.63, 3.8) is 0 Å². The van der Waals surface area contributed by atoms with E-state index in [0.29, 0.717) is 35.4 Å². The molecule has 182 valence electrons. The minimum Gasteiger partial charge on any atom is -0.485 e. The van der Waals surface area contributed by atoms with Crippen molar-refractivity contribution in [3.8, 4) is 16.3 Å². The Balaban J connectivity index is 1.68. The normalized spacial score (nSPS) is 12.2. The van der Waals surface area contributed by atoms with Gasteiger partial charge >= 0.3 is 5.97 Å². The van der Waals surface area contributed by atoms with Gasteiger partial charge in [0.2, 0.25) is 0 Å². The van der Waals surface area contributed by atoms with Crippen LogP contribution >= 0.6 is 11.3 Å². The number of nitrogens with zero attached hydrogens (tertiary/aromatic N) is 1. The van der Waals surface area contributed by atoms with Gasteiger partial charge in [0.05, 0.1) is 33.6 Å². The second-order valence-electron chi connectivity index (χ2n) is 8.82. The maximum Gasteiger partial charge on any atom is 0.336 e. The van der Waals surface area contributed by atoms with Crippen LogP contribution in [-0.4, -0.2) is 29.8 Å². The Labute approximate surface area is 214 Å². The van der Waals surface area contributed by atoms with Crippen molar-refractivity contribution < 1.29 is 19.4 Å². The number of aromatic nitrogens is 1. The summed E-state index contributed by atoms with van der Waals surface area (Å²) in [5, 5.41) is 11.9. The lowest BCUT2D eigenvalue weighted by Gasteiger charge is -2.22. The highest BCUT2D eigenvalue weighted by atomic mass is 32.1. The van der Waals surface area contributed by atoms with E-state index >= 15 is 0 Å². The highest BCUT2D eigenvalue weighted by Crippen LogP contribution is 2.41. The maximum absolute atomic E-state index is 12.5. The molecule has 0 aliphatic rings. The number of methoxy groups -OCH3 is 1. The molecule has 3 aromatic carbocycles. The maximum atomic E-state index is 12.5. The molecule has 2 aromatic heterocycles. The summed E-state index contributed by atoms with van der Waals surface area (Å²) >= 11 is 1.63. The molecule has 0 spiro atoms. The third-order valence-electron chi connectivity index (χ3n) is 6.46. The molecule has 5 rings (SSSR count). The molecular formula is C30H27NO4S. The molecular weight excluding hydrogens is 470 g/mol. The van der Waals surface area contributed by atoms with Gasteiger partial charge in [-0.1, -0.05) is 54.6 Å². The van der Waals surface area contributed by atoms with Crippen molar-refractivity contribution in [2.24, 2.45) is 0 Å². The van der Waals surface area contributed by atoms with E-state index in [-0.39, 0.29) is 11.7 Å². The fourth-order valence-electron chi connectivity index (χ4n) is 4.58. The predicted octanol–water partition coefficient (Wildman–Crippen LogP) is 7.59. The summed E-state index contributed by atoms with van der Waals surface area (Å²) in [7, 11) is 1.66. The second kappa shape index (κ2) is 10.1. The number of benzene rings is 3. The zero-order valence-corrected chi connectivity index (χ0v) is 21.3. The number of ether oxygens (including phenoxy) is 2. The zero-order chi connectivity index (χ0) is 25.2. The average molecular weight is 498 g/mol. The molecule has 1 unspecified atom stereocenters. The number of fused-ring (bicyclic) bond motifs is 2. The molecule has 1 N–H and O–H groups in total. The zero-order valence-electron chi connectivity index (χ0n) is 20.4. The van der Waals surface area contributed by atoms with E-state index in [1.165, 1.54) is 0 Å². The van der Waals surface area contributed by atoms with Crippen LogP contribution in [-0.2, 0) is 4.74 Å². The van der Waals surface area contributed by atoms with Crippen molar-refractivity contribution in [2.45, 2.75) is 26.4 Å². The number of carbonyl (C=O) groups is 1. The van der Waals surface area contributed by atoms with Crippen LogP contribution < -0.4 is 4.74 Å². The molecule has 0 saturated heterocycles. The number of rotatable bonds is 8. The van der Waals surface area contributed by atoms with Gasteiger partial charge in [-0.05, 0) is 54.1 Å². The molecule has 0 saturated carbocycles. The van der Waals surface area contributed by atoms with Crippen LogP contribution in [0.25, 0.3) is 31.6 Å². The van der Waals surface area contributed by atoms with Gasteiger partial charge in [0.1, 0.15) is 11.9 Å². The summed E-state index contributed by atoms with van der Waals surface area (Å²) in [6, 6.07) is 23.6. The summed E-state index contributed by atoms with van der Waals surface area (Å²) in [6.07, 6.45) is 0.341. The van der Waals surface area contributed by atoms with E-state index in [2.05, 4.69) is 19.1 Å². The van der Waals surface area contributed by atoms with Crippen molar-refractivity contribution in [1.29, 1.82) is 0 Å². The lowest BCUT2D eigenvalue weighted by molar-refractivity contribution is 0.0698. The smallest absolute Gasteiger partial charge is 0.336 e. The van der Waals surface area contributed by atoms with Crippen molar-refractivity contribution in [2.75, 3.05) is 13.7 Å². The predicted molar refractivity (Wildman–Crippen MR) is 145 cm³/mol. The van der Waals surface area contributed by atoms with Crippen LogP contribution in [0, 0.1) is 13.8 Å². The fourth-order valence-corrected chi connectivity index (χ4v) is 5.75. The third-order valence-corrected chi connectivity index (χ3v) is 7.75. The summed E-state index contributed by atoms with van der Waals surface area (Å²) in [5.41, 5.74) is 4.49. The van der Waals surface area contributed by atoms with Crippen LogP contribution in [0.2, 0.25) is 0 Å². The van der Waals surface area contributed by atoms with Crippen LogP contribution in [0.5, 0.6) is 5.75 Å². The highest BCUT2D eigenvalue weighted by molar-refractivity contribution is 7.22. The lowest BCUT2D eigenvalue weighted by Crippen LogP contribution is -2.12. The van der Waals surface area contributed by atoms with Crippen LogP contribution in [0.3, 0.4) is 0 Å². The molecule has 0 fully saturated rings. The van der Waals surface area contributed by atoms with Gasteiger partial charge < -0.3 is 14.6 Å². The molecule has 1 atom stereocenters. The molecule has 0 amide bonds.